The number of rotatable bonds is 5. The van der Waals surface area contributed by atoms with Crippen LogP contribution >= 0.6 is 0 Å². The second-order valence-electron chi connectivity index (χ2n) is 7.58. The van der Waals surface area contributed by atoms with Gasteiger partial charge in [-0.05, 0) is 48.9 Å². The van der Waals surface area contributed by atoms with E-state index in [-0.39, 0.29) is 11.1 Å². The van der Waals surface area contributed by atoms with Gasteiger partial charge in [-0.15, -0.1) is 0 Å². The third-order valence-corrected chi connectivity index (χ3v) is 5.31. The molecule has 0 atom stereocenters. The normalized spacial score (nSPS) is 11.8. The molecular formula is C25H22N2O5. The lowest BCUT2D eigenvalue weighted by molar-refractivity contribution is 0.0696. The van der Waals surface area contributed by atoms with Crippen molar-refractivity contribution in [1.29, 1.82) is 0 Å². The maximum Gasteiger partial charge on any atom is 0.336 e. The molecule has 4 rings (SSSR count). The van der Waals surface area contributed by atoms with Crippen molar-refractivity contribution in [3.63, 3.8) is 0 Å². The fraction of sp³-hybridized carbons (Fsp3) is 0.160. The Balaban J connectivity index is 2.14. The molecule has 2 aromatic rings. The predicted molar refractivity (Wildman–Crippen MR) is 123 cm³/mol. The number of hydrogen-bond acceptors (Lipinski definition) is 5. The lowest BCUT2D eigenvalue weighted by Crippen LogP contribution is -2.09. The number of hydrogen-bond donors (Lipinski definition) is 2. The highest BCUT2D eigenvalue weighted by molar-refractivity contribution is 6.08. The first-order valence-electron chi connectivity index (χ1n) is 10.1. The molecule has 0 amide bonds. The Morgan fingerprint density at radius 3 is 2.34 bits per heavy atom. The molecule has 0 fully saturated rings. The van der Waals surface area contributed by atoms with Crippen molar-refractivity contribution in [2.45, 2.75) is 6.92 Å². The number of carboxylic acids is 2. The van der Waals surface area contributed by atoms with Crippen molar-refractivity contribution in [2.75, 3.05) is 25.5 Å². The average Bonchev–Trinajstić information content (AvgIpc) is 2.76. The van der Waals surface area contributed by atoms with Gasteiger partial charge in [-0.2, -0.15) is 0 Å². The van der Waals surface area contributed by atoms with Gasteiger partial charge in [0.05, 0.1) is 16.5 Å². The van der Waals surface area contributed by atoms with Crippen LogP contribution in [-0.2, 0) is 0 Å². The van der Waals surface area contributed by atoms with Crippen molar-refractivity contribution in [2.24, 2.45) is 4.99 Å². The van der Waals surface area contributed by atoms with Gasteiger partial charge >= 0.3 is 11.9 Å². The Morgan fingerprint density at radius 1 is 0.938 bits per heavy atom. The fourth-order valence-electron chi connectivity index (χ4n) is 3.79. The van der Waals surface area contributed by atoms with Gasteiger partial charge in [-0.25, -0.2) is 9.59 Å². The Bertz CT molecular complexity index is 1400. The summed E-state index contributed by atoms with van der Waals surface area (Å²) in [6.45, 7) is 2.57. The summed E-state index contributed by atoms with van der Waals surface area (Å²) >= 11 is 0. The summed E-state index contributed by atoms with van der Waals surface area (Å²) in [7, 11) is 3.85. The second kappa shape index (κ2) is 8.19. The zero-order valence-electron chi connectivity index (χ0n) is 17.9. The molecule has 162 valence electrons. The van der Waals surface area contributed by atoms with Gasteiger partial charge in [0.2, 0.25) is 0 Å². The Labute approximate surface area is 184 Å². The molecule has 0 unspecified atom stereocenters. The molecule has 1 aliphatic heterocycles. The predicted octanol–water partition coefficient (Wildman–Crippen LogP) is 4.59. The van der Waals surface area contributed by atoms with Gasteiger partial charge in [-0.1, -0.05) is 6.07 Å². The minimum Gasteiger partial charge on any atom is -0.478 e. The number of carboxylic acid groups (broad SMARTS) is 2. The van der Waals surface area contributed by atoms with Crippen LogP contribution < -0.4 is 10.3 Å². The molecule has 1 heterocycles. The van der Waals surface area contributed by atoms with E-state index in [9.17, 15) is 19.8 Å². The summed E-state index contributed by atoms with van der Waals surface area (Å²) in [6.07, 6.45) is 0. The average molecular weight is 430 g/mol. The Morgan fingerprint density at radius 2 is 1.69 bits per heavy atom. The van der Waals surface area contributed by atoms with E-state index >= 15 is 0 Å². The number of aromatic carboxylic acids is 2. The minimum absolute atomic E-state index is 0.0840. The molecule has 32 heavy (non-hydrogen) atoms. The van der Waals surface area contributed by atoms with Crippen LogP contribution in [0.15, 0.2) is 64.0 Å². The zero-order chi connectivity index (χ0) is 23.0. The minimum atomic E-state index is -1.20. The maximum atomic E-state index is 12.1. The molecule has 0 saturated carbocycles. The van der Waals surface area contributed by atoms with Crippen LogP contribution in [0.5, 0.6) is 0 Å². The third-order valence-electron chi connectivity index (χ3n) is 5.31. The van der Waals surface area contributed by atoms with Gasteiger partial charge in [0, 0.05) is 55.0 Å². The van der Waals surface area contributed by atoms with Crippen molar-refractivity contribution in [3.05, 3.63) is 71.1 Å². The van der Waals surface area contributed by atoms with E-state index < -0.39 is 11.9 Å². The molecule has 2 aromatic carbocycles. The molecule has 2 aliphatic rings. The van der Waals surface area contributed by atoms with Gasteiger partial charge in [0.1, 0.15) is 11.3 Å². The highest BCUT2D eigenvalue weighted by atomic mass is 16.4. The SMILES string of the molecule is CC/N=c1/ccc2c(-c3ccc(C(=O)O)cc3C(=O)O)c3ccc(N(C)C)cc3oc-2c1. The van der Waals surface area contributed by atoms with E-state index in [0.29, 0.717) is 29.0 Å². The molecule has 7 nitrogen and oxygen atoms in total. The number of fused-ring (bicyclic) bond motifs is 2. The van der Waals surface area contributed by atoms with E-state index in [1.165, 1.54) is 12.1 Å². The number of anilines is 1. The summed E-state index contributed by atoms with van der Waals surface area (Å²) in [6, 6.07) is 15.4. The maximum absolute atomic E-state index is 12.1. The molecule has 0 saturated heterocycles. The summed E-state index contributed by atoms with van der Waals surface area (Å²) in [5.74, 6) is -1.82. The lowest BCUT2D eigenvalue weighted by Gasteiger charge is -2.19. The summed E-state index contributed by atoms with van der Waals surface area (Å²) in [5.41, 5.74) is 3.16. The van der Waals surface area contributed by atoms with E-state index in [1.54, 1.807) is 6.07 Å². The topological polar surface area (TPSA) is 103 Å². The molecule has 0 spiro atoms. The highest BCUT2D eigenvalue weighted by Crippen LogP contribution is 2.42. The number of nitrogens with zero attached hydrogens (tertiary/aromatic N) is 2. The van der Waals surface area contributed by atoms with Crippen molar-refractivity contribution < 1.29 is 24.2 Å². The van der Waals surface area contributed by atoms with Gasteiger partial charge < -0.3 is 19.5 Å². The molecule has 0 bridgehead atoms. The van der Waals surface area contributed by atoms with Crippen molar-refractivity contribution >= 4 is 28.6 Å². The van der Waals surface area contributed by atoms with Crippen molar-refractivity contribution in [1.82, 2.24) is 0 Å². The van der Waals surface area contributed by atoms with E-state index in [4.69, 9.17) is 4.42 Å². The summed E-state index contributed by atoms with van der Waals surface area (Å²) < 4.78 is 6.22. The largest absolute Gasteiger partial charge is 0.478 e. The van der Waals surface area contributed by atoms with Crippen LogP contribution in [-0.4, -0.2) is 42.8 Å². The Kier molecular flexibility index (Phi) is 5.40. The summed E-state index contributed by atoms with van der Waals surface area (Å²) in [4.78, 5) is 29.9. The van der Waals surface area contributed by atoms with E-state index in [1.807, 2.05) is 62.3 Å². The summed E-state index contributed by atoms with van der Waals surface area (Å²) in [5, 5.41) is 20.7. The first kappa shape index (κ1) is 21.1. The standard InChI is InChI=1S/C25H22N2O5/c1-4-26-15-6-9-18-21(12-15)32-22-13-16(27(2)3)7-10-19(22)23(18)17-8-5-14(24(28)29)11-20(17)25(30)31/h5-13H,4H2,1-3H3,(H,28,29)(H,30,31)/b26-15-. The highest BCUT2D eigenvalue weighted by Gasteiger charge is 2.23. The smallest absolute Gasteiger partial charge is 0.336 e. The van der Waals surface area contributed by atoms with Crippen LogP contribution in [0.3, 0.4) is 0 Å². The van der Waals surface area contributed by atoms with Crippen LogP contribution in [0.4, 0.5) is 5.69 Å². The quantitative estimate of drug-likeness (QED) is 0.449. The second-order valence-corrected chi connectivity index (χ2v) is 7.58. The molecule has 0 aromatic heterocycles. The zero-order valence-corrected chi connectivity index (χ0v) is 17.9. The van der Waals surface area contributed by atoms with E-state index in [0.717, 1.165) is 22.0 Å². The Hall–Kier alpha value is -4.13. The van der Waals surface area contributed by atoms with Crippen molar-refractivity contribution in [3.8, 4) is 22.5 Å². The number of benzene rings is 3. The van der Waals surface area contributed by atoms with Crippen LogP contribution in [0, 0.1) is 0 Å². The van der Waals surface area contributed by atoms with E-state index in [2.05, 4.69) is 4.99 Å². The first-order valence-corrected chi connectivity index (χ1v) is 10.1. The van der Waals surface area contributed by atoms with Gasteiger partial charge in [0.15, 0.2) is 0 Å². The van der Waals surface area contributed by atoms with Crippen LogP contribution in [0.1, 0.15) is 27.6 Å². The van der Waals surface area contributed by atoms with Gasteiger partial charge in [0.25, 0.3) is 0 Å². The fourth-order valence-corrected chi connectivity index (χ4v) is 3.79. The van der Waals surface area contributed by atoms with Gasteiger partial charge in [-0.3, -0.25) is 4.99 Å². The molecule has 2 N–H and O–H groups in total. The number of carbonyl (C=O) groups is 2. The molecular weight excluding hydrogens is 408 g/mol. The molecule has 7 heteroatoms. The molecule has 1 aliphatic carbocycles. The monoisotopic (exact) mass is 430 g/mol. The first-order chi connectivity index (χ1) is 15.3. The lowest BCUT2D eigenvalue weighted by atomic mass is 9.90. The molecule has 0 radical (unpaired) electrons. The van der Waals surface area contributed by atoms with Crippen LogP contribution in [0.2, 0.25) is 0 Å². The third kappa shape index (κ3) is 3.69. The van der Waals surface area contributed by atoms with Crippen LogP contribution in [0.25, 0.3) is 33.4 Å².